The maximum atomic E-state index is 13.8. The standard InChI is InChI=1S/C25H22F3N5O/c1-14-5-7-17(18-4-2-3-9-29-18)21(31-14)23(34)33-13-16-10-24(16)11-19(22(24)33)32-20-8-6-15(12-30-20)25(26,27)28/h2-9,12,16,19,22H,10-11,13H2,1H3,(H,30,32). The monoisotopic (exact) mass is 465 g/mol. The molecule has 4 atom stereocenters. The van der Waals surface area contributed by atoms with Crippen molar-refractivity contribution in [3.63, 3.8) is 0 Å². The second-order valence-corrected chi connectivity index (χ2v) is 9.49. The average molecular weight is 465 g/mol. The third kappa shape index (κ3) is 3.25. The number of nitrogens with one attached hydrogen (secondary N) is 1. The fourth-order valence-electron chi connectivity index (χ4n) is 5.78. The average Bonchev–Trinajstić information content (AvgIpc) is 3.47. The van der Waals surface area contributed by atoms with Gasteiger partial charge in [-0.3, -0.25) is 9.78 Å². The first-order chi connectivity index (χ1) is 16.3. The number of amides is 1. The number of aryl methyl sites for hydroxylation is 1. The van der Waals surface area contributed by atoms with Crippen LogP contribution in [0.1, 0.15) is 34.6 Å². The van der Waals surface area contributed by atoms with Crippen molar-refractivity contribution < 1.29 is 18.0 Å². The van der Waals surface area contributed by atoms with Crippen LogP contribution in [0.15, 0.2) is 54.9 Å². The van der Waals surface area contributed by atoms with E-state index in [2.05, 4.69) is 20.3 Å². The summed E-state index contributed by atoms with van der Waals surface area (Å²) in [7, 11) is 0. The molecule has 3 aliphatic rings. The summed E-state index contributed by atoms with van der Waals surface area (Å²) in [6.07, 6.45) is 0.0577. The topological polar surface area (TPSA) is 71.0 Å². The molecule has 6 rings (SSSR count). The molecule has 2 saturated carbocycles. The van der Waals surface area contributed by atoms with Crippen molar-refractivity contribution in [2.75, 3.05) is 11.9 Å². The van der Waals surface area contributed by atoms with Crippen LogP contribution in [-0.2, 0) is 6.18 Å². The number of carbonyl (C=O) groups is 1. The van der Waals surface area contributed by atoms with Crippen LogP contribution in [0.25, 0.3) is 11.3 Å². The van der Waals surface area contributed by atoms with Gasteiger partial charge >= 0.3 is 6.18 Å². The molecule has 6 nitrogen and oxygen atoms in total. The Bertz CT molecular complexity index is 1260. The molecular formula is C25H22F3N5O. The molecule has 1 spiro atoms. The first-order valence-electron chi connectivity index (χ1n) is 11.3. The summed E-state index contributed by atoms with van der Waals surface area (Å²) in [5.41, 5.74) is 1.84. The zero-order valence-electron chi connectivity index (χ0n) is 18.4. The molecule has 9 heteroatoms. The molecule has 1 saturated heterocycles. The predicted molar refractivity (Wildman–Crippen MR) is 119 cm³/mol. The van der Waals surface area contributed by atoms with Crippen molar-refractivity contribution >= 4 is 11.7 Å². The van der Waals surface area contributed by atoms with E-state index >= 15 is 0 Å². The third-order valence-corrected chi connectivity index (χ3v) is 7.47. The molecule has 174 valence electrons. The second kappa shape index (κ2) is 7.25. The van der Waals surface area contributed by atoms with E-state index in [1.165, 1.54) is 6.07 Å². The number of alkyl halides is 3. The molecule has 1 amide bonds. The molecule has 0 radical (unpaired) electrons. The van der Waals surface area contributed by atoms with E-state index in [0.29, 0.717) is 35.2 Å². The lowest BCUT2D eigenvalue weighted by Crippen LogP contribution is -2.60. The maximum absolute atomic E-state index is 13.8. The number of rotatable bonds is 4. The highest BCUT2D eigenvalue weighted by Gasteiger charge is 2.75. The summed E-state index contributed by atoms with van der Waals surface area (Å²) in [6.45, 7) is 2.52. The van der Waals surface area contributed by atoms with Crippen LogP contribution in [0, 0.1) is 18.3 Å². The Labute approximate surface area is 194 Å². The van der Waals surface area contributed by atoms with Gasteiger partial charge < -0.3 is 10.2 Å². The number of pyridine rings is 3. The molecule has 1 aliphatic heterocycles. The molecule has 3 aromatic heterocycles. The number of hydrogen-bond donors (Lipinski definition) is 1. The summed E-state index contributed by atoms with van der Waals surface area (Å²) in [5.74, 6) is 0.711. The van der Waals surface area contributed by atoms with Gasteiger partial charge in [0.1, 0.15) is 11.5 Å². The lowest BCUT2D eigenvalue weighted by atomic mass is 9.71. The highest BCUT2D eigenvalue weighted by Crippen LogP contribution is 2.71. The van der Waals surface area contributed by atoms with Gasteiger partial charge in [-0.05, 0) is 67.5 Å². The van der Waals surface area contributed by atoms with E-state index < -0.39 is 11.7 Å². The molecule has 34 heavy (non-hydrogen) atoms. The lowest BCUT2D eigenvalue weighted by Gasteiger charge is -2.48. The number of likely N-dealkylation sites (tertiary alicyclic amines) is 1. The van der Waals surface area contributed by atoms with Crippen molar-refractivity contribution in [1.82, 2.24) is 19.9 Å². The molecule has 2 aliphatic carbocycles. The number of anilines is 1. The van der Waals surface area contributed by atoms with E-state index in [1.54, 1.807) is 6.20 Å². The van der Waals surface area contributed by atoms with Crippen molar-refractivity contribution in [3.05, 3.63) is 71.8 Å². The van der Waals surface area contributed by atoms with E-state index in [0.717, 1.165) is 30.8 Å². The van der Waals surface area contributed by atoms with Gasteiger partial charge in [-0.15, -0.1) is 0 Å². The Balaban J connectivity index is 1.26. The Morgan fingerprint density at radius 1 is 1.12 bits per heavy atom. The summed E-state index contributed by atoms with van der Waals surface area (Å²) < 4.78 is 38.6. The van der Waals surface area contributed by atoms with E-state index in [-0.39, 0.29) is 23.4 Å². The lowest BCUT2D eigenvalue weighted by molar-refractivity contribution is -0.137. The fourth-order valence-corrected chi connectivity index (χ4v) is 5.78. The molecule has 3 fully saturated rings. The molecule has 0 bridgehead atoms. The van der Waals surface area contributed by atoms with Crippen LogP contribution >= 0.6 is 0 Å². The van der Waals surface area contributed by atoms with Crippen LogP contribution in [0.5, 0.6) is 0 Å². The van der Waals surface area contributed by atoms with Crippen LogP contribution in [0.3, 0.4) is 0 Å². The van der Waals surface area contributed by atoms with Gasteiger partial charge in [-0.2, -0.15) is 13.2 Å². The van der Waals surface area contributed by atoms with Gasteiger partial charge in [-0.1, -0.05) is 6.07 Å². The first-order valence-corrected chi connectivity index (χ1v) is 11.3. The fraction of sp³-hybridized carbons (Fsp3) is 0.360. The zero-order valence-corrected chi connectivity index (χ0v) is 18.4. The SMILES string of the molecule is Cc1ccc(-c2ccccn2)c(C(=O)N2CC3CC34CC(Nc3ccc(C(F)(F)F)cn3)C24)n1. The van der Waals surface area contributed by atoms with Gasteiger partial charge in [0.2, 0.25) is 0 Å². The van der Waals surface area contributed by atoms with Crippen molar-refractivity contribution in [1.29, 1.82) is 0 Å². The van der Waals surface area contributed by atoms with Crippen molar-refractivity contribution in [2.24, 2.45) is 11.3 Å². The van der Waals surface area contributed by atoms with Gasteiger partial charge in [0.25, 0.3) is 5.91 Å². The maximum Gasteiger partial charge on any atom is 0.417 e. The number of hydrogen-bond acceptors (Lipinski definition) is 5. The van der Waals surface area contributed by atoms with E-state index in [4.69, 9.17) is 0 Å². The van der Waals surface area contributed by atoms with E-state index in [9.17, 15) is 18.0 Å². The van der Waals surface area contributed by atoms with Crippen LogP contribution in [-0.4, -0.2) is 44.4 Å². The summed E-state index contributed by atoms with van der Waals surface area (Å²) in [6, 6.07) is 11.6. The molecule has 1 N–H and O–H groups in total. The highest BCUT2D eigenvalue weighted by molar-refractivity contribution is 5.99. The molecule has 4 unspecified atom stereocenters. The smallest absolute Gasteiger partial charge is 0.365 e. The number of carbonyl (C=O) groups excluding carboxylic acids is 1. The van der Waals surface area contributed by atoms with Crippen LogP contribution in [0.4, 0.5) is 19.0 Å². The molecule has 3 aromatic rings. The quantitative estimate of drug-likeness (QED) is 0.611. The second-order valence-electron chi connectivity index (χ2n) is 9.49. The predicted octanol–water partition coefficient (Wildman–Crippen LogP) is 4.58. The summed E-state index contributed by atoms with van der Waals surface area (Å²) in [4.78, 5) is 28.6. The normalized spacial score (nSPS) is 26.9. The zero-order chi connectivity index (χ0) is 23.7. The van der Waals surface area contributed by atoms with Gasteiger partial charge in [0.15, 0.2) is 0 Å². The number of aromatic nitrogens is 3. The third-order valence-electron chi connectivity index (χ3n) is 7.47. The highest BCUT2D eigenvalue weighted by atomic mass is 19.4. The summed E-state index contributed by atoms with van der Waals surface area (Å²) >= 11 is 0. The Kier molecular flexibility index (Phi) is 4.49. The minimum Gasteiger partial charge on any atom is -0.365 e. The minimum absolute atomic E-state index is 0.0343. The molecule has 4 heterocycles. The van der Waals surface area contributed by atoms with Crippen molar-refractivity contribution in [2.45, 2.75) is 38.0 Å². The Morgan fingerprint density at radius 2 is 1.97 bits per heavy atom. The van der Waals surface area contributed by atoms with Crippen LogP contribution in [0.2, 0.25) is 0 Å². The first kappa shape index (κ1) is 21.1. The van der Waals surface area contributed by atoms with E-state index in [1.807, 2.05) is 42.2 Å². The largest absolute Gasteiger partial charge is 0.417 e. The van der Waals surface area contributed by atoms with Crippen LogP contribution < -0.4 is 5.32 Å². The molecule has 0 aromatic carbocycles. The van der Waals surface area contributed by atoms with Gasteiger partial charge in [-0.25, -0.2) is 9.97 Å². The Hall–Kier alpha value is -3.49. The number of piperidine rings is 1. The van der Waals surface area contributed by atoms with Gasteiger partial charge in [0, 0.05) is 36.2 Å². The summed E-state index contributed by atoms with van der Waals surface area (Å²) in [5, 5.41) is 3.27. The van der Waals surface area contributed by atoms with Gasteiger partial charge in [0.05, 0.1) is 17.3 Å². The molecular weight excluding hydrogens is 443 g/mol. The minimum atomic E-state index is -4.42. The number of nitrogens with zero attached hydrogens (tertiary/aromatic N) is 4. The Morgan fingerprint density at radius 3 is 2.68 bits per heavy atom. The number of halogens is 3. The van der Waals surface area contributed by atoms with Crippen molar-refractivity contribution in [3.8, 4) is 11.3 Å².